The summed E-state index contributed by atoms with van der Waals surface area (Å²) in [4.78, 5) is 19.2. The molecule has 31 heavy (non-hydrogen) atoms. The number of aryl methyl sites for hydroxylation is 1. The highest BCUT2D eigenvalue weighted by Crippen LogP contribution is 2.29. The van der Waals surface area contributed by atoms with Crippen molar-refractivity contribution in [1.82, 2.24) is 24.8 Å². The molecule has 0 unspecified atom stereocenters. The van der Waals surface area contributed by atoms with Gasteiger partial charge in [0.05, 0.1) is 18.3 Å². The van der Waals surface area contributed by atoms with Crippen molar-refractivity contribution >= 4 is 28.4 Å². The lowest BCUT2D eigenvalue weighted by atomic mass is 9.96. The minimum absolute atomic E-state index is 0.139. The third-order valence-corrected chi connectivity index (χ3v) is 6.05. The number of hydrogen-bond donors (Lipinski definition) is 0. The molecule has 1 fully saturated rings. The van der Waals surface area contributed by atoms with Gasteiger partial charge in [0, 0.05) is 41.4 Å². The average molecular weight is 436 g/mol. The maximum Gasteiger partial charge on any atom is 0.230 e. The molecule has 7 nitrogen and oxygen atoms in total. The number of likely N-dealkylation sites (tertiary alicyclic amines) is 1. The second-order valence-corrected chi connectivity index (χ2v) is 8.23. The summed E-state index contributed by atoms with van der Waals surface area (Å²) in [5.74, 6) is 1.59. The van der Waals surface area contributed by atoms with Gasteiger partial charge in [-0.05, 0) is 31.0 Å². The Bertz CT molecular complexity index is 1200. The fourth-order valence-electron chi connectivity index (χ4n) is 4.06. The number of piperidine rings is 1. The number of amides is 1. The molecule has 0 atom stereocenters. The van der Waals surface area contributed by atoms with Gasteiger partial charge in [0.1, 0.15) is 0 Å². The second-order valence-electron chi connectivity index (χ2n) is 7.80. The van der Waals surface area contributed by atoms with Crippen molar-refractivity contribution < 1.29 is 9.32 Å². The largest absolute Gasteiger partial charge is 0.343 e. The van der Waals surface area contributed by atoms with Gasteiger partial charge in [0.2, 0.25) is 17.6 Å². The van der Waals surface area contributed by atoms with Crippen molar-refractivity contribution in [2.75, 3.05) is 13.1 Å². The van der Waals surface area contributed by atoms with Crippen LogP contribution in [-0.2, 0) is 11.3 Å². The Balaban J connectivity index is 1.16. The molecule has 0 radical (unpaired) electrons. The van der Waals surface area contributed by atoms with Crippen LogP contribution >= 0.6 is 11.6 Å². The Morgan fingerprint density at radius 3 is 2.74 bits per heavy atom. The first-order valence-corrected chi connectivity index (χ1v) is 10.8. The lowest BCUT2D eigenvalue weighted by molar-refractivity contribution is -0.132. The topological polar surface area (TPSA) is 77.1 Å². The van der Waals surface area contributed by atoms with E-state index in [4.69, 9.17) is 16.1 Å². The summed E-state index contributed by atoms with van der Waals surface area (Å²) in [6.45, 7) is 1.92. The normalized spacial score (nSPS) is 14.9. The van der Waals surface area contributed by atoms with Gasteiger partial charge in [-0.15, -0.1) is 0 Å². The number of fused-ring (bicyclic) bond motifs is 1. The zero-order chi connectivity index (χ0) is 21.2. The molecule has 0 N–H and O–H groups in total. The highest BCUT2D eigenvalue weighted by Gasteiger charge is 2.27. The Hall–Kier alpha value is -3.19. The molecule has 0 saturated carbocycles. The van der Waals surface area contributed by atoms with E-state index in [9.17, 15) is 4.79 Å². The maximum absolute atomic E-state index is 12.7. The first-order valence-electron chi connectivity index (χ1n) is 10.5. The molecule has 4 aromatic rings. The number of nitrogens with zero attached hydrogens (tertiary/aromatic N) is 5. The molecule has 3 heterocycles. The van der Waals surface area contributed by atoms with E-state index in [2.05, 4.69) is 15.2 Å². The van der Waals surface area contributed by atoms with E-state index in [0.29, 0.717) is 42.8 Å². The summed E-state index contributed by atoms with van der Waals surface area (Å²) in [5, 5.41) is 10.2. The molecule has 1 aliphatic rings. The molecule has 158 valence electrons. The zero-order valence-electron chi connectivity index (χ0n) is 16.9. The van der Waals surface area contributed by atoms with Crippen molar-refractivity contribution in [3.05, 3.63) is 65.6 Å². The Morgan fingerprint density at radius 2 is 1.94 bits per heavy atom. The highest BCUT2D eigenvalue weighted by molar-refractivity contribution is 6.31. The molecule has 8 heteroatoms. The number of aromatic nitrogens is 4. The van der Waals surface area contributed by atoms with Gasteiger partial charge in [0.15, 0.2) is 0 Å². The van der Waals surface area contributed by atoms with E-state index in [0.717, 1.165) is 29.3 Å². The van der Waals surface area contributed by atoms with Crippen LogP contribution < -0.4 is 0 Å². The van der Waals surface area contributed by atoms with Crippen molar-refractivity contribution in [2.45, 2.75) is 31.7 Å². The van der Waals surface area contributed by atoms with E-state index in [1.807, 2.05) is 58.1 Å². The predicted molar refractivity (Wildman–Crippen MR) is 118 cm³/mol. The summed E-state index contributed by atoms with van der Waals surface area (Å²) in [6.07, 6.45) is 3.85. The second kappa shape index (κ2) is 8.51. The fraction of sp³-hybridized carbons (Fsp3) is 0.304. The van der Waals surface area contributed by atoms with Crippen molar-refractivity contribution in [3.63, 3.8) is 0 Å². The lowest BCUT2D eigenvalue weighted by Gasteiger charge is -2.30. The molecule has 2 aromatic heterocycles. The number of hydrogen-bond acceptors (Lipinski definition) is 5. The monoisotopic (exact) mass is 435 g/mol. The molecule has 0 aliphatic carbocycles. The van der Waals surface area contributed by atoms with Crippen LogP contribution in [0.5, 0.6) is 0 Å². The van der Waals surface area contributed by atoms with Crippen LogP contribution in [-0.4, -0.2) is 43.8 Å². The van der Waals surface area contributed by atoms with Crippen LogP contribution in [0.4, 0.5) is 0 Å². The van der Waals surface area contributed by atoms with E-state index in [1.54, 1.807) is 6.20 Å². The zero-order valence-corrected chi connectivity index (χ0v) is 17.7. The smallest absolute Gasteiger partial charge is 0.230 e. The van der Waals surface area contributed by atoms with Crippen LogP contribution in [0, 0.1) is 0 Å². The van der Waals surface area contributed by atoms with Crippen LogP contribution in [0.2, 0.25) is 5.02 Å². The van der Waals surface area contributed by atoms with E-state index < -0.39 is 0 Å². The third kappa shape index (κ3) is 4.18. The van der Waals surface area contributed by atoms with Gasteiger partial charge >= 0.3 is 0 Å². The third-order valence-electron chi connectivity index (χ3n) is 5.81. The summed E-state index contributed by atoms with van der Waals surface area (Å²) in [7, 11) is 0. The van der Waals surface area contributed by atoms with Gasteiger partial charge in [-0.25, -0.2) is 0 Å². The van der Waals surface area contributed by atoms with Crippen LogP contribution in [0.1, 0.15) is 31.1 Å². The predicted octanol–water partition coefficient (Wildman–Crippen LogP) is 4.54. The fourth-order valence-corrected chi connectivity index (χ4v) is 4.23. The van der Waals surface area contributed by atoms with Crippen molar-refractivity contribution in [1.29, 1.82) is 0 Å². The molecule has 1 saturated heterocycles. The summed E-state index contributed by atoms with van der Waals surface area (Å²) < 4.78 is 7.36. The quantitative estimate of drug-likeness (QED) is 0.460. The van der Waals surface area contributed by atoms with E-state index in [-0.39, 0.29) is 11.8 Å². The molecule has 0 spiro atoms. The standard InChI is InChI=1S/C23H22ClN5O2/c24-19-7-6-18-15-25-29(20(18)14-19)13-10-21(30)28-11-8-17(9-12-28)23-26-22(27-31-23)16-4-2-1-3-5-16/h1-7,14-15,17H,8-13H2. The molecular formula is C23H22ClN5O2. The van der Waals surface area contributed by atoms with E-state index in [1.165, 1.54) is 0 Å². The minimum Gasteiger partial charge on any atom is -0.343 e. The molecule has 1 amide bonds. The number of carbonyl (C=O) groups excluding carboxylic acids is 1. The van der Waals surface area contributed by atoms with Crippen molar-refractivity contribution in [2.24, 2.45) is 0 Å². The molecular weight excluding hydrogens is 414 g/mol. The SMILES string of the molecule is O=C(CCn1ncc2ccc(Cl)cc21)N1CCC(c2nc(-c3ccccc3)no2)CC1. The van der Waals surface area contributed by atoms with Gasteiger partial charge < -0.3 is 9.42 Å². The summed E-state index contributed by atoms with van der Waals surface area (Å²) in [5.41, 5.74) is 1.89. The summed E-state index contributed by atoms with van der Waals surface area (Å²) >= 11 is 6.10. The highest BCUT2D eigenvalue weighted by atomic mass is 35.5. The van der Waals surface area contributed by atoms with Crippen LogP contribution in [0.3, 0.4) is 0 Å². The summed E-state index contributed by atoms with van der Waals surface area (Å²) in [6, 6.07) is 15.5. The van der Waals surface area contributed by atoms with Crippen LogP contribution in [0.25, 0.3) is 22.3 Å². The van der Waals surface area contributed by atoms with E-state index >= 15 is 0 Å². The van der Waals surface area contributed by atoms with Gasteiger partial charge in [-0.3, -0.25) is 9.48 Å². The molecule has 2 aromatic carbocycles. The Morgan fingerprint density at radius 1 is 1.13 bits per heavy atom. The van der Waals surface area contributed by atoms with Gasteiger partial charge in [-0.1, -0.05) is 47.1 Å². The molecule has 5 rings (SSSR count). The van der Waals surface area contributed by atoms with Crippen LogP contribution in [0.15, 0.2) is 59.3 Å². The minimum atomic E-state index is 0.139. The van der Waals surface area contributed by atoms with Gasteiger partial charge in [0.25, 0.3) is 0 Å². The number of rotatable bonds is 5. The molecule has 1 aliphatic heterocycles. The molecule has 0 bridgehead atoms. The van der Waals surface area contributed by atoms with Gasteiger partial charge in [-0.2, -0.15) is 10.1 Å². The lowest BCUT2D eigenvalue weighted by Crippen LogP contribution is -2.38. The first-order chi connectivity index (χ1) is 15.2. The van der Waals surface area contributed by atoms with Crippen molar-refractivity contribution in [3.8, 4) is 11.4 Å². The average Bonchev–Trinajstić information content (AvgIpc) is 3.46. The number of benzene rings is 2. The number of carbonyl (C=O) groups is 1. The Kier molecular flexibility index (Phi) is 5.42. The number of halogens is 1. The maximum atomic E-state index is 12.7. The first kappa shape index (κ1) is 19.8. The Labute approximate surface area is 184 Å².